The Morgan fingerprint density at radius 3 is 2.83 bits per heavy atom. The maximum atomic E-state index is 6.02. The molecule has 0 saturated heterocycles. The maximum Gasteiger partial charge on any atom is 0.124 e. The van der Waals surface area contributed by atoms with Crippen molar-refractivity contribution in [2.45, 2.75) is 32.4 Å². The molecule has 18 heavy (non-hydrogen) atoms. The van der Waals surface area contributed by atoms with E-state index < -0.39 is 0 Å². The number of benzene rings is 1. The second-order valence-electron chi connectivity index (χ2n) is 4.37. The first-order valence-corrected chi connectivity index (χ1v) is 6.85. The van der Waals surface area contributed by atoms with Crippen molar-refractivity contribution in [1.82, 2.24) is 9.55 Å². The Hall–Kier alpha value is -0.770. The van der Waals surface area contributed by atoms with Crippen LogP contribution in [0.2, 0.25) is 5.02 Å². The zero-order valence-electron chi connectivity index (χ0n) is 10.5. The van der Waals surface area contributed by atoms with E-state index in [1.54, 1.807) is 0 Å². The summed E-state index contributed by atoms with van der Waals surface area (Å²) in [6.45, 7) is 5.41. The van der Waals surface area contributed by atoms with Gasteiger partial charge in [-0.15, -0.1) is 11.6 Å². The Kier molecular flexibility index (Phi) is 4.49. The Morgan fingerprint density at radius 2 is 2.17 bits per heavy atom. The fraction of sp³-hybridized carbons (Fsp3) is 0.462. The van der Waals surface area contributed by atoms with Crippen molar-refractivity contribution < 1.29 is 4.74 Å². The molecule has 0 unspecified atom stereocenters. The highest BCUT2D eigenvalue weighted by Crippen LogP contribution is 2.21. The molecular weight excluding hydrogens is 271 g/mol. The normalized spacial score (nSPS) is 11.6. The lowest BCUT2D eigenvalue weighted by molar-refractivity contribution is 0.0729. The van der Waals surface area contributed by atoms with Crippen LogP contribution in [0, 0.1) is 0 Å². The summed E-state index contributed by atoms with van der Waals surface area (Å²) >= 11 is 11.9. The summed E-state index contributed by atoms with van der Waals surface area (Å²) in [5.74, 6) is 1.23. The minimum absolute atomic E-state index is 0.225. The Morgan fingerprint density at radius 1 is 1.39 bits per heavy atom. The molecule has 0 bridgehead atoms. The number of alkyl halides is 1. The van der Waals surface area contributed by atoms with E-state index in [-0.39, 0.29) is 6.10 Å². The lowest BCUT2D eigenvalue weighted by Crippen LogP contribution is -2.12. The van der Waals surface area contributed by atoms with Crippen LogP contribution in [-0.2, 0) is 17.2 Å². The third-order valence-corrected chi connectivity index (χ3v) is 3.15. The molecule has 0 spiro atoms. The smallest absolute Gasteiger partial charge is 0.124 e. The zero-order chi connectivity index (χ0) is 13.1. The minimum Gasteiger partial charge on any atom is -0.377 e. The van der Waals surface area contributed by atoms with E-state index in [4.69, 9.17) is 27.9 Å². The topological polar surface area (TPSA) is 27.1 Å². The lowest BCUT2D eigenvalue weighted by Gasteiger charge is -2.10. The number of nitrogens with zero attached hydrogens (tertiary/aromatic N) is 2. The number of aromatic nitrogens is 2. The Labute approximate surface area is 117 Å². The average molecular weight is 287 g/mol. The van der Waals surface area contributed by atoms with Crippen molar-refractivity contribution in [1.29, 1.82) is 0 Å². The molecule has 98 valence electrons. The van der Waals surface area contributed by atoms with E-state index in [1.807, 2.05) is 32.0 Å². The molecule has 5 heteroatoms. The number of rotatable bonds is 5. The molecule has 1 aromatic carbocycles. The van der Waals surface area contributed by atoms with Crippen molar-refractivity contribution in [3.63, 3.8) is 0 Å². The fourth-order valence-electron chi connectivity index (χ4n) is 1.88. The van der Waals surface area contributed by atoms with Crippen LogP contribution in [0.1, 0.15) is 19.7 Å². The molecule has 2 aromatic rings. The molecule has 0 atom stereocenters. The summed E-state index contributed by atoms with van der Waals surface area (Å²) in [6.07, 6.45) is 0.225. The van der Waals surface area contributed by atoms with Gasteiger partial charge >= 0.3 is 0 Å². The van der Waals surface area contributed by atoms with E-state index in [0.29, 0.717) is 17.5 Å². The molecule has 0 aliphatic heterocycles. The van der Waals surface area contributed by atoms with Gasteiger partial charge in [-0.1, -0.05) is 11.6 Å². The first kappa shape index (κ1) is 13.7. The average Bonchev–Trinajstić information content (AvgIpc) is 2.66. The standard InChI is InChI=1S/C13H16Cl2N2O/c1-9(2)18-6-5-17-12-7-10(15)3-4-11(12)16-13(17)8-14/h3-4,7,9H,5-6,8H2,1-2H3. The molecular formula is C13H16Cl2N2O. The molecule has 0 N–H and O–H groups in total. The molecule has 0 saturated carbocycles. The fourth-order valence-corrected chi connectivity index (χ4v) is 2.25. The highest BCUT2D eigenvalue weighted by atomic mass is 35.5. The Balaban J connectivity index is 2.30. The quantitative estimate of drug-likeness (QED) is 0.781. The van der Waals surface area contributed by atoms with Crippen molar-refractivity contribution in [3.05, 3.63) is 29.0 Å². The number of hydrogen-bond donors (Lipinski definition) is 0. The van der Waals surface area contributed by atoms with E-state index in [1.165, 1.54) is 0 Å². The second-order valence-corrected chi connectivity index (χ2v) is 5.07. The van der Waals surface area contributed by atoms with Gasteiger partial charge in [0.2, 0.25) is 0 Å². The molecule has 2 rings (SSSR count). The third kappa shape index (κ3) is 2.97. The van der Waals surface area contributed by atoms with E-state index in [9.17, 15) is 0 Å². The maximum absolute atomic E-state index is 6.02. The van der Waals surface area contributed by atoms with Gasteiger partial charge in [0.1, 0.15) is 5.82 Å². The van der Waals surface area contributed by atoms with E-state index >= 15 is 0 Å². The van der Waals surface area contributed by atoms with Gasteiger partial charge in [-0.3, -0.25) is 0 Å². The van der Waals surface area contributed by atoms with Gasteiger partial charge < -0.3 is 9.30 Å². The first-order valence-electron chi connectivity index (χ1n) is 5.94. The van der Waals surface area contributed by atoms with Crippen LogP contribution in [-0.4, -0.2) is 22.3 Å². The molecule has 1 aromatic heterocycles. The highest BCUT2D eigenvalue weighted by Gasteiger charge is 2.10. The third-order valence-electron chi connectivity index (χ3n) is 2.67. The van der Waals surface area contributed by atoms with Crippen LogP contribution in [0.3, 0.4) is 0 Å². The van der Waals surface area contributed by atoms with Gasteiger partial charge in [0.25, 0.3) is 0 Å². The lowest BCUT2D eigenvalue weighted by atomic mass is 10.3. The summed E-state index contributed by atoms with van der Waals surface area (Å²) in [4.78, 5) is 4.49. The van der Waals surface area contributed by atoms with Crippen molar-refractivity contribution >= 4 is 34.2 Å². The predicted octanol–water partition coefficient (Wildman–Crippen LogP) is 3.85. The largest absolute Gasteiger partial charge is 0.377 e. The van der Waals surface area contributed by atoms with E-state index in [2.05, 4.69) is 9.55 Å². The summed E-state index contributed by atoms with van der Waals surface area (Å²) in [6, 6.07) is 5.66. The number of imidazole rings is 1. The molecule has 0 amide bonds. The van der Waals surface area contributed by atoms with Crippen LogP contribution in [0.4, 0.5) is 0 Å². The minimum atomic E-state index is 0.225. The number of halogens is 2. The van der Waals surface area contributed by atoms with Gasteiger partial charge in [0.15, 0.2) is 0 Å². The van der Waals surface area contributed by atoms with Crippen molar-refractivity contribution in [2.24, 2.45) is 0 Å². The summed E-state index contributed by atoms with van der Waals surface area (Å²) in [7, 11) is 0. The predicted molar refractivity (Wildman–Crippen MR) is 75.4 cm³/mol. The Bertz CT molecular complexity index is 537. The van der Waals surface area contributed by atoms with Crippen molar-refractivity contribution in [3.8, 4) is 0 Å². The molecule has 0 fully saturated rings. The van der Waals surface area contributed by atoms with Gasteiger partial charge in [0.05, 0.1) is 29.6 Å². The summed E-state index contributed by atoms with van der Waals surface area (Å²) in [5.41, 5.74) is 1.92. The van der Waals surface area contributed by atoms with Crippen molar-refractivity contribution in [2.75, 3.05) is 6.61 Å². The summed E-state index contributed by atoms with van der Waals surface area (Å²) < 4.78 is 7.64. The zero-order valence-corrected chi connectivity index (χ0v) is 12.0. The first-order chi connectivity index (χ1) is 8.61. The number of ether oxygens (including phenoxy) is 1. The van der Waals surface area contributed by atoms with Crippen LogP contribution in [0.25, 0.3) is 11.0 Å². The van der Waals surface area contributed by atoms with Crippen LogP contribution >= 0.6 is 23.2 Å². The molecule has 0 aliphatic rings. The molecule has 0 aliphatic carbocycles. The van der Waals surface area contributed by atoms with Gasteiger partial charge in [0, 0.05) is 11.6 Å². The molecule has 3 nitrogen and oxygen atoms in total. The van der Waals surface area contributed by atoms with Crippen LogP contribution in [0.15, 0.2) is 18.2 Å². The van der Waals surface area contributed by atoms with Crippen LogP contribution < -0.4 is 0 Å². The molecule has 1 heterocycles. The van der Waals surface area contributed by atoms with Gasteiger partial charge in [-0.2, -0.15) is 0 Å². The van der Waals surface area contributed by atoms with Gasteiger partial charge in [-0.05, 0) is 32.0 Å². The SMILES string of the molecule is CC(C)OCCn1c(CCl)nc2ccc(Cl)cc21. The summed E-state index contributed by atoms with van der Waals surface area (Å²) in [5, 5.41) is 0.703. The number of fused-ring (bicyclic) bond motifs is 1. The van der Waals surface area contributed by atoms with E-state index in [0.717, 1.165) is 23.4 Å². The monoisotopic (exact) mass is 286 g/mol. The highest BCUT2D eigenvalue weighted by molar-refractivity contribution is 6.31. The second kappa shape index (κ2) is 5.91. The molecule has 0 radical (unpaired) electrons. The van der Waals surface area contributed by atoms with Gasteiger partial charge in [-0.25, -0.2) is 4.98 Å². The number of hydrogen-bond acceptors (Lipinski definition) is 2. The van der Waals surface area contributed by atoms with Crippen LogP contribution in [0.5, 0.6) is 0 Å².